The molecule has 0 heterocycles. The summed E-state index contributed by atoms with van der Waals surface area (Å²) in [5, 5.41) is 5.90. The van der Waals surface area contributed by atoms with E-state index >= 15 is 0 Å². The summed E-state index contributed by atoms with van der Waals surface area (Å²) in [7, 11) is 1.87. The summed E-state index contributed by atoms with van der Waals surface area (Å²) >= 11 is 0. The highest BCUT2D eigenvalue weighted by Gasteiger charge is 2.14. The van der Waals surface area contributed by atoms with Gasteiger partial charge in [-0.05, 0) is 26.4 Å². The lowest BCUT2D eigenvalue weighted by atomic mass is 9.97. The van der Waals surface area contributed by atoms with E-state index in [1.165, 1.54) is 0 Å². The summed E-state index contributed by atoms with van der Waals surface area (Å²) in [4.78, 5) is 11.4. The van der Waals surface area contributed by atoms with Crippen LogP contribution in [0, 0.1) is 12.8 Å². The largest absolute Gasteiger partial charge is 0.358 e. The van der Waals surface area contributed by atoms with E-state index in [0.717, 1.165) is 12.8 Å². The van der Waals surface area contributed by atoms with Crippen LogP contribution in [0.25, 0.3) is 0 Å². The zero-order valence-electron chi connectivity index (χ0n) is 8.89. The van der Waals surface area contributed by atoms with Gasteiger partial charge in [-0.25, -0.2) is 0 Å². The van der Waals surface area contributed by atoms with E-state index < -0.39 is 0 Å². The molecule has 0 aliphatic heterocycles. The maximum absolute atomic E-state index is 11.4. The second-order valence-electron chi connectivity index (χ2n) is 3.18. The number of carbonyl (C=O) groups is 1. The molecule has 0 aromatic carbocycles. The minimum absolute atomic E-state index is 0.0373. The van der Waals surface area contributed by atoms with E-state index in [4.69, 9.17) is 0 Å². The van der Waals surface area contributed by atoms with Crippen molar-refractivity contribution in [2.75, 3.05) is 13.6 Å². The number of hydrogen-bond acceptors (Lipinski definition) is 2. The summed E-state index contributed by atoms with van der Waals surface area (Å²) in [6, 6.07) is 0.191. The smallest absolute Gasteiger partial charge is 0.194 e. The predicted octanol–water partition coefficient (Wildman–Crippen LogP) is 0.961. The van der Waals surface area contributed by atoms with Crippen molar-refractivity contribution in [1.29, 1.82) is 0 Å². The Bertz CT molecular complexity index is 148. The van der Waals surface area contributed by atoms with Crippen LogP contribution in [0.2, 0.25) is 0 Å². The first kappa shape index (κ1) is 12.4. The Labute approximate surface area is 81.3 Å². The van der Waals surface area contributed by atoms with E-state index in [0.29, 0.717) is 6.54 Å². The predicted molar refractivity (Wildman–Crippen MR) is 55.3 cm³/mol. The van der Waals surface area contributed by atoms with Crippen molar-refractivity contribution in [2.45, 2.75) is 32.7 Å². The van der Waals surface area contributed by atoms with Crippen molar-refractivity contribution >= 4 is 5.91 Å². The summed E-state index contributed by atoms with van der Waals surface area (Å²) in [5.74, 6) is -0.153. The standard InChI is InChI=1S/C10H21N2O/c1-5-7-9(11-4)8(3)10(13)12-6-2/h8-9,11H,3,5-7H2,1-2,4H3,(H,12,13)/q-1. The molecule has 0 aliphatic rings. The van der Waals surface area contributed by atoms with E-state index in [2.05, 4.69) is 24.5 Å². The highest BCUT2D eigenvalue weighted by Crippen LogP contribution is 2.08. The molecule has 0 saturated carbocycles. The molecule has 0 radical (unpaired) electrons. The average Bonchev–Trinajstić information content (AvgIpc) is 2.13. The zero-order chi connectivity index (χ0) is 10.3. The molecular weight excluding hydrogens is 164 g/mol. The van der Waals surface area contributed by atoms with Crippen molar-refractivity contribution in [1.82, 2.24) is 10.6 Å². The molecule has 0 aliphatic carbocycles. The lowest BCUT2D eigenvalue weighted by molar-refractivity contribution is -0.124. The minimum Gasteiger partial charge on any atom is -0.358 e. The normalized spacial score (nSPS) is 15.1. The van der Waals surface area contributed by atoms with Crippen LogP contribution in [-0.4, -0.2) is 25.5 Å². The number of amides is 1. The number of rotatable bonds is 6. The Morgan fingerprint density at radius 3 is 2.46 bits per heavy atom. The molecule has 2 N–H and O–H groups in total. The molecule has 3 nitrogen and oxygen atoms in total. The second kappa shape index (κ2) is 6.89. The van der Waals surface area contributed by atoms with Gasteiger partial charge in [0.05, 0.1) is 0 Å². The van der Waals surface area contributed by atoms with E-state index in [1.807, 2.05) is 14.0 Å². The van der Waals surface area contributed by atoms with Gasteiger partial charge in [0.2, 0.25) is 0 Å². The van der Waals surface area contributed by atoms with Gasteiger partial charge < -0.3 is 17.6 Å². The first-order valence-corrected chi connectivity index (χ1v) is 4.95. The number of carbonyl (C=O) groups excluding carboxylic acids is 1. The summed E-state index contributed by atoms with van der Waals surface area (Å²) in [6.07, 6.45) is 2.05. The molecular formula is C10H21N2O-. The Balaban J connectivity index is 4.02. The van der Waals surface area contributed by atoms with Crippen molar-refractivity contribution in [3.05, 3.63) is 6.92 Å². The molecule has 1 amide bonds. The molecule has 0 fully saturated rings. The highest BCUT2D eigenvalue weighted by atomic mass is 16.1. The molecule has 3 heteroatoms. The van der Waals surface area contributed by atoms with Gasteiger partial charge in [-0.1, -0.05) is 19.3 Å². The summed E-state index contributed by atoms with van der Waals surface area (Å²) < 4.78 is 0. The lowest BCUT2D eigenvalue weighted by Gasteiger charge is -2.27. The molecule has 0 aromatic rings. The fourth-order valence-electron chi connectivity index (χ4n) is 1.35. The van der Waals surface area contributed by atoms with E-state index in [-0.39, 0.29) is 17.9 Å². The van der Waals surface area contributed by atoms with Crippen LogP contribution < -0.4 is 10.6 Å². The summed E-state index contributed by atoms with van der Waals surface area (Å²) in [6.45, 7) is 8.57. The third-order valence-corrected chi connectivity index (χ3v) is 2.14. The van der Waals surface area contributed by atoms with Gasteiger partial charge in [0, 0.05) is 6.54 Å². The van der Waals surface area contributed by atoms with Gasteiger partial charge in [-0.15, -0.1) is 0 Å². The quantitative estimate of drug-likeness (QED) is 0.605. The van der Waals surface area contributed by atoms with Crippen LogP contribution in [0.3, 0.4) is 0 Å². The first-order chi connectivity index (χ1) is 6.17. The first-order valence-electron chi connectivity index (χ1n) is 4.95. The van der Waals surface area contributed by atoms with Crippen molar-refractivity contribution in [2.24, 2.45) is 5.92 Å². The van der Waals surface area contributed by atoms with Crippen LogP contribution in [0.5, 0.6) is 0 Å². The van der Waals surface area contributed by atoms with Gasteiger partial charge in [0.15, 0.2) is 5.91 Å². The minimum atomic E-state index is -0.190. The van der Waals surface area contributed by atoms with Gasteiger partial charge in [0.25, 0.3) is 0 Å². The Hall–Kier alpha value is -0.570. The fourth-order valence-corrected chi connectivity index (χ4v) is 1.35. The number of nitrogens with one attached hydrogen (secondary N) is 2. The highest BCUT2D eigenvalue weighted by molar-refractivity contribution is 5.79. The van der Waals surface area contributed by atoms with Gasteiger partial charge in [-0.3, -0.25) is 4.79 Å². The molecule has 0 aromatic heterocycles. The van der Waals surface area contributed by atoms with Crippen molar-refractivity contribution in [3.63, 3.8) is 0 Å². The van der Waals surface area contributed by atoms with Crippen LogP contribution in [0.4, 0.5) is 0 Å². The Morgan fingerprint density at radius 1 is 1.46 bits per heavy atom. The maximum Gasteiger partial charge on any atom is 0.194 e. The van der Waals surface area contributed by atoms with Gasteiger partial charge >= 0.3 is 0 Å². The third-order valence-electron chi connectivity index (χ3n) is 2.14. The van der Waals surface area contributed by atoms with Crippen LogP contribution in [-0.2, 0) is 4.79 Å². The molecule has 0 bridgehead atoms. The fraction of sp³-hybridized carbons (Fsp3) is 0.800. The van der Waals surface area contributed by atoms with Crippen molar-refractivity contribution in [3.8, 4) is 0 Å². The van der Waals surface area contributed by atoms with Crippen molar-refractivity contribution < 1.29 is 4.79 Å². The zero-order valence-corrected chi connectivity index (χ0v) is 8.89. The van der Waals surface area contributed by atoms with Crippen LogP contribution in [0.15, 0.2) is 0 Å². The molecule has 2 atom stereocenters. The maximum atomic E-state index is 11.4. The van der Waals surface area contributed by atoms with E-state index in [1.54, 1.807) is 0 Å². The van der Waals surface area contributed by atoms with Crippen LogP contribution >= 0.6 is 0 Å². The molecule has 0 rings (SSSR count). The molecule has 2 unspecified atom stereocenters. The van der Waals surface area contributed by atoms with E-state index in [9.17, 15) is 4.79 Å². The summed E-state index contributed by atoms with van der Waals surface area (Å²) in [5.41, 5.74) is 0. The van der Waals surface area contributed by atoms with Gasteiger partial charge in [0.1, 0.15) is 0 Å². The SMILES string of the molecule is [CH2-]C(C(=O)NCC)C(CCC)NC. The average molecular weight is 185 g/mol. The Morgan fingerprint density at radius 2 is 2.08 bits per heavy atom. The third kappa shape index (κ3) is 4.27. The molecule has 78 valence electrons. The molecule has 0 saturated heterocycles. The lowest BCUT2D eigenvalue weighted by Crippen LogP contribution is -2.42. The molecule has 13 heavy (non-hydrogen) atoms. The topological polar surface area (TPSA) is 41.1 Å². The molecule has 0 spiro atoms. The second-order valence-corrected chi connectivity index (χ2v) is 3.18. The van der Waals surface area contributed by atoms with Gasteiger partial charge in [-0.2, -0.15) is 0 Å². The number of hydrogen-bond donors (Lipinski definition) is 2. The monoisotopic (exact) mass is 185 g/mol. The Kier molecular flexibility index (Phi) is 6.59. The van der Waals surface area contributed by atoms with Crippen LogP contribution in [0.1, 0.15) is 26.7 Å².